The molecule has 1 N–H and O–H groups in total. The number of likely N-dealkylation sites (N-methyl/N-ethyl adjacent to an activating group) is 1. The normalized spacial score (nSPS) is 10.3. The van der Waals surface area contributed by atoms with E-state index >= 15 is 0 Å². The molecular weight excluding hydrogens is 315 g/mol. The van der Waals surface area contributed by atoms with Crippen molar-refractivity contribution in [3.63, 3.8) is 0 Å². The summed E-state index contributed by atoms with van der Waals surface area (Å²) in [6.07, 6.45) is 0. The number of nitrogens with one attached hydrogen (secondary N) is 1. The Kier molecular flexibility index (Phi) is 5.05. The molecule has 4 heteroatoms. The molecule has 3 nitrogen and oxygen atoms in total. The first-order valence-electron chi connectivity index (χ1n) is 5.26. The summed E-state index contributed by atoms with van der Waals surface area (Å²) >= 11 is 2.25. The van der Waals surface area contributed by atoms with E-state index in [0.29, 0.717) is 6.54 Å². The van der Waals surface area contributed by atoms with Crippen molar-refractivity contribution < 1.29 is 4.79 Å². The predicted octanol–water partition coefficient (Wildman–Crippen LogP) is 2.57. The minimum atomic E-state index is 0.105. The number of carbonyl (C=O) groups is 1. The van der Waals surface area contributed by atoms with Crippen molar-refractivity contribution >= 4 is 34.2 Å². The third kappa shape index (κ3) is 4.00. The molecule has 88 valence electrons. The Balaban J connectivity index is 2.49. The Morgan fingerprint density at radius 1 is 1.50 bits per heavy atom. The molecule has 16 heavy (non-hydrogen) atoms. The van der Waals surface area contributed by atoms with Crippen molar-refractivity contribution in [2.75, 3.05) is 18.9 Å². The van der Waals surface area contributed by atoms with Gasteiger partial charge in [-0.2, -0.15) is 0 Å². The monoisotopic (exact) mass is 332 g/mol. The minimum absolute atomic E-state index is 0.105. The summed E-state index contributed by atoms with van der Waals surface area (Å²) in [6, 6.07) is 8.22. The van der Waals surface area contributed by atoms with Crippen molar-refractivity contribution in [3.05, 3.63) is 27.8 Å². The lowest BCUT2D eigenvalue weighted by atomic mass is 10.3. The van der Waals surface area contributed by atoms with E-state index in [1.54, 1.807) is 4.90 Å². The summed E-state index contributed by atoms with van der Waals surface area (Å²) in [4.78, 5) is 13.4. The number of rotatable bonds is 4. The maximum absolute atomic E-state index is 11.7. The maximum Gasteiger partial charge on any atom is 0.241 e. The van der Waals surface area contributed by atoms with Crippen molar-refractivity contribution in [2.45, 2.75) is 19.9 Å². The Morgan fingerprint density at radius 3 is 2.75 bits per heavy atom. The van der Waals surface area contributed by atoms with Gasteiger partial charge in [0.25, 0.3) is 0 Å². The van der Waals surface area contributed by atoms with Crippen LogP contribution in [0.4, 0.5) is 5.69 Å². The molecule has 0 aromatic heterocycles. The smallest absolute Gasteiger partial charge is 0.241 e. The van der Waals surface area contributed by atoms with Gasteiger partial charge < -0.3 is 10.2 Å². The molecule has 1 aromatic rings. The summed E-state index contributed by atoms with van der Waals surface area (Å²) in [5.41, 5.74) is 0.984. The molecule has 0 aliphatic heterocycles. The summed E-state index contributed by atoms with van der Waals surface area (Å²) in [7, 11) is 1.82. The zero-order chi connectivity index (χ0) is 12.1. The first-order valence-corrected chi connectivity index (χ1v) is 6.33. The van der Waals surface area contributed by atoms with Gasteiger partial charge >= 0.3 is 0 Å². The van der Waals surface area contributed by atoms with Crippen LogP contribution in [0.25, 0.3) is 0 Å². The SMILES string of the molecule is CC(C)N(C)C(=O)CNc1cccc(I)c1. The van der Waals surface area contributed by atoms with Crippen molar-refractivity contribution in [2.24, 2.45) is 0 Å². The average Bonchev–Trinajstić information content (AvgIpc) is 2.24. The van der Waals surface area contributed by atoms with Crippen LogP contribution in [0.3, 0.4) is 0 Å². The van der Waals surface area contributed by atoms with Crippen molar-refractivity contribution in [1.29, 1.82) is 0 Å². The molecule has 0 spiro atoms. The van der Waals surface area contributed by atoms with E-state index in [4.69, 9.17) is 0 Å². The fourth-order valence-electron chi connectivity index (χ4n) is 1.19. The zero-order valence-electron chi connectivity index (χ0n) is 9.83. The van der Waals surface area contributed by atoms with E-state index in [1.807, 2.05) is 45.2 Å². The van der Waals surface area contributed by atoms with Gasteiger partial charge in [-0.3, -0.25) is 4.79 Å². The molecule has 0 fully saturated rings. The van der Waals surface area contributed by atoms with Crippen LogP contribution in [0.5, 0.6) is 0 Å². The lowest BCUT2D eigenvalue weighted by molar-refractivity contribution is -0.129. The van der Waals surface area contributed by atoms with Gasteiger partial charge in [0.05, 0.1) is 6.54 Å². The standard InChI is InChI=1S/C12H17IN2O/c1-9(2)15(3)12(16)8-14-11-6-4-5-10(13)7-11/h4-7,9,14H,8H2,1-3H3. The fourth-order valence-corrected chi connectivity index (χ4v) is 1.73. The molecule has 0 saturated heterocycles. The second-order valence-corrected chi connectivity index (χ2v) is 5.21. The maximum atomic E-state index is 11.7. The second kappa shape index (κ2) is 6.08. The van der Waals surface area contributed by atoms with E-state index < -0.39 is 0 Å². The van der Waals surface area contributed by atoms with Crippen LogP contribution < -0.4 is 5.32 Å². The number of amides is 1. The number of nitrogens with zero attached hydrogens (tertiary/aromatic N) is 1. The van der Waals surface area contributed by atoms with Gasteiger partial charge in [-0.25, -0.2) is 0 Å². The Bertz CT molecular complexity index is 366. The molecule has 1 amide bonds. The number of hydrogen-bond donors (Lipinski definition) is 1. The van der Waals surface area contributed by atoms with E-state index in [-0.39, 0.29) is 11.9 Å². The van der Waals surface area contributed by atoms with Gasteiger partial charge in [-0.15, -0.1) is 0 Å². The molecule has 0 bridgehead atoms. The molecule has 0 radical (unpaired) electrons. The fraction of sp³-hybridized carbons (Fsp3) is 0.417. The highest BCUT2D eigenvalue weighted by Crippen LogP contribution is 2.12. The van der Waals surface area contributed by atoms with Crippen LogP contribution >= 0.6 is 22.6 Å². The van der Waals surface area contributed by atoms with E-state index in [9.17, 15) is 4.79 Å². The van der Waals surface area contributed by atoms with Crippen LogP contribution in [-0.4, -0.2) is 30.4 Å². The average molecular weight is 332 g/mol. The van der Waals surface area contributed by atoms with E-state index in [0.717, 1.165) is 9.26 Å². The van der Waals surface area contributed by atoms with Gasteiger partial charge in [0, 0.05) is 22.3 Å². The molecule has 0 aliphatic carbocycles. The Hall–Kier alpha value is -0.780. The van der Waals surface area contributed by atoms with Crippen molar-refractivity contribution in [3.8, 4) is 0 Å². The Morgan fingerprint density at radius 2 is 2.19 bits per heavy atom. The van der Waals surface area contributed by atoms with Gasteiger partial charge in [0.1, 0.15) is 0 Å². The van der Waals surface area contributed by atoms with E-state index in [1.165, 1.54) is 0 Å². The van der Waals surface area contributed by atoms with Crippen LogP contribution in [-0.2, 0) is 4.79 Å². The van der Waals surface area contributed by atoms with Crippen LogP contribution in [0.15, 0.2) is 24.3 Å². The number of halogens is 1. The first-order chi connectivity index (χ1) is 7.50. The van der Waals surface area contributed by atoms with Gasteiger partial charge in [0.15, 0.2) is 0 Å². The first kappa shape index (κ1) is 13.3. The molecule has 1 aromatic carbocycles. The molecule has 1 rings (SSSR count). The number of carbonyl (C=O) groups excluding carboxylic acids is 1. The highest BCUT2D eigenvalue weighted by atomic mass is 127. The van der Waals surface area contributed by atoms with Crippen LogP contribution in [0.1, 0.15) is 13.8 Å². The third-order valence-electron chi connectivity index (χ3n) is 2.44. The second-order valence-electron chi connectivity index (χ2n) is 3.96. The zero-order valence-corrected chi connectivity index (χ0v) is 12.0. The molecule has 0 saturated carbocycles. The largest absolute Gasteiger partial charge is 0.376 e. The molecular formula is C12H17IN2O. The quantitative estimate of drug-likeness (QED) is 0.860. The molecule has 0 heterocycles. The minimum Gasteiger partial charge on any atom is -0.376 e. The number of hydrogen-bond acceptors (Lipinski definition) is 2. The highest BCUT2D eigenvalue weighted by molar-refractivity contribution is 14.1. The van der Waals surface area contributed by atoms with Gasteiger partial charge in [-0.05, 0) is 54.6 Å². The third-order valence-corrected chi connectivity index (χ3v) is 3.11. The summed E-state index contributed by atoms with van der Waals surface area (Å²) in [6.45, 7) is 4.35. The van der Waals surface area contributed by atoms with Gasteiger partial charge in [0.2, 0.25) is 5.91 Å². The molecule has 0 atom stereocenters. The topological polar surface area (TPSA) is 32.3 Å². The van der Waals surface area contributed by atoms with Crippen LogP contribution in [0.2, 0.25) is 0 Å². The summed E-state index contributed by atoms with van der Waals surface area (Å²) < 4.78 is 1.16. The molecule has 0 unspecified atom stereocenters. The number of benzene rings is 1. The molecule has 0 aliphatic rings. The highest BCUT2D eigenvalue weighted by Gasteiger charge is 2.10. The van der Waals surface area contributed by atoms with Gasteiger partial charge in [-0.1, -0.05) is 6.07 Å². The lowest BCUT2D eigenvalue weighted by Crippen LogP contribution is -2.37. The summed E-state index contributed by atoms with van der Waals surface area (Å²) in [5, 5.41) is 3.13. The van der Waals surface area contributed by atoms with E-state index in [2.05, 4.69) is 27.9 Å². The van der Waals surface area contributed by atoms with Crippen molar-refractivity contribution in [1.82, 2.24) is 4.90 Å². The predicted molar refractivity (Wildman–Crippen MR) is 75.6 cm³/mol. The Labute approximate surface area is 110 Å². The van der Waals surface area contributed by atoms with Crippen LogP contribution in [0, 0.1) is 3.57 Å². The lowest BCUT2D eigenvalue weighted by Gasteiger charge is -2.21. The number of anilines is 1. The summed E-state index contributed by atoms with van der Waals surface area (Å²) in [5.74, 6) is 0.105.